The van der Waals surface area contributed by atoms with Crippen molar-refractivity contribution in [2.45, 2.75) is 51.3 Å². The molecule has 0 aliphatic carbocycles. The van der Waals surface area contributed by atoms with Gasteiger partial charge in [-0.25, -0.2) is 9.42 Å². The Hall–Kier alpha value is -2.48. The van der Waals surface area contributed by atoms with Crippen molar-refractivity contribution >= 4 is 22.9 Å². The van der Waals surface area contributed by atoms with Gasteiger partial charge in [-0.2, -0.15) is 0 Å². The summed E-state index contributed by atoms with van der Waals surface area (Å²) >= 11 is 0. The Labute approximate surface area is 156 Å². The minimum Gasteiger partial charge on any atom is -0.444 e. The molecule has 0 N–H and O–H groups in total. The molecule has 2 aromatic rings. The number of morpholine rings is 1. The normalized spacial score (nSPS) is 25.4. The standard InChI is InChI=1S/C19H23N3O5/c1-19(2,3)26-18(24)22-13-6-12(7-14(22)10-25-9-13)17(23)11-4-5-15-16(8-11)21-27-20-15/h4-5,8,12-14H,6-7,9-10H2,1-3H3. The molecule has 2 atom stereocenters. The minimum absolute atomic E-state index is 0.0561. The van der Waals surface area contributed by atoms with Crippen LogP contribution >= 0.6 is 0 Å². The fourth-order valence-electron chi connectivity index (χ4n) is 3.91. The number of aromatic nitrogens is 2. The van der Waals surface area contributed by atoms with Gasteiger partial charge in [0.05, 0.1) is 25.3 Å². The highest BCUT2D eigenvalue weighted by Crippen LogP contribution is 2.35. The number of rotatable bonds is 2. The largest absolute Gasteiger partial charge is 0.444 e. The molecule has 1 amide bonds. The summed E-state index contributed by atoms with van der Waals surface area (Å²) in [5.74, 6) is -0.111. The van der Waals surface area contributed by atoms with Crippen molar-refractivity contribution in [3.8, 4) is 0 Å². The predicted molar refractivity (Wildman–Crippen MR) is 95.3 cm³/mol. The molecule has 4 rings (SSSR count). The fourth-order valence-corrected chi connectivity index (χ4v) is 3.91. The first-order valence-corrected chi connectivity index (χ1v) is 9.17. The van der Waals surface area contributed by atoms with Crippen LogP contribution in [0.1, 0.15) is 44.0 Å². The van der Waals surface area contributed by atoms with E-state index in [9.17, 15) is 9.59 Å². The summed E-state index contributed by atoms with van der Waals surface area (Å²) in [7, 11) is 0. The minimum atomic E-state index is -0.556. The summed E-state index contributed by atoms with van der Waals surface area (Å²) in [5.41, 5.74) is 1.22. The number of amides is 1. The molecular weight excluding hydrogens is 350 g/mol. The summed E-state index contributed by atoms with van der Waals surface area (Å²) in [4.78, 5) is 27.4. The number of hydrogen-bond acceptors (Lipinski definition) is 7. The van der Waals surface area contributed by atoms with Gasteiger partial charge >= 0.3 is 6.09 Å². The third-order valence-electron chi connectivity index (χ3n) is 5.03. The lowest BCUT2D eigenvalue weighted by atomic mass is 9.81. The van der Waals surface area contributed by atoms with Crippen molar-refractivity contribution in [1.82, 2.24) is 15.2 Å². The Balaban J connectivity index is 1.52. The predicted octanol–water partition coefficient (Wildman–Crippen LogP) is 2.82. The first-order valence-electron chi connectivity index (χ1n) is 9.17. The van der Waals surface area contributed by atoms with E-state index in [-0.39, 0.29) is 29.9 Å². The molecule has 0 radical (unpaired) electrons. The molecule has 2 aliphatic rings. The highest BCUT2D eigenvalue weighted by atomic mass is 16.6. The number of carbonyl (C=O) groups is 2. The fraction of sp³-hybridized carbons (Fsp3) is 0.579. The Morgan fingerprint density at radius 1 is 1.11 bits per heavy atom. The molecular formula is C19H23N3O5. The van der Waals surface area contributed by atoms with E-state index in [0.29, 0.717) is 42.7 Å². The monoisotopic (exact) mass is 373 g/mol. The van der Waals surface area contributed by atoms with E-state index >= 15 is 0 Å². The van der Waals surface area contributed by atoms with Crippen molar-refractivity contribution in [2.75, 3.05) is 13.2 Å². The van der Waals surface area contributed by atoms with Gasteiger partial charge in [0, 0.05) is 11.5 Å². The van der Waals surface area contributed by atoms with Gasteiger partial charge in [-0.05, 0) is 62.1 Å². The van der Waals surface area contributed by atoms with Gasteiger partial charge in [0.2, 0.25) is 0 Å². The van der Waals surface area contributed by atoms with E-state index < -0.39 is 5.60 Å². The average Bonchev–Trinajstić information content (AvgIpc) is 3.06. The second-order valence-electron chi connectivity index (χ2n) is 8.23. The Bertz CT molecular complexity index is 858. The number of ether oxygens (including phenoxy) is 2. The van der Waals surface area contributed by atoms with Crippen LogP contribution in [0, 0.1) is 5.92 Å². The third-order valence-corrected chi connectivity index (χ3v) is 5.03. The molecule has 2 saturated heterocycles. The SMILES string of the molecule is CC(C)(C)OC(=O)N1C2COCC1CC(C(=O)c1ccc3nonc3c1)C2. The number of nitrogens with zero attached hydrogens (tertiary/aromatic N) is 3. The molecule has 2 fully saturated rings. The van der Waals surface area contributed by atoms with Gasteiger partial charge in [0.15, 0.2) is 5.78 Å². The molecule has 0 spiro atoms. The summed E-state index contributed by atoms with van der Waals surface area (Å²) in [6.45, 7) is 6.39. The van der Waals surface area contributed by atoms with Crippen LogP contribution in [0.4, 0.5) is 4.79 Å². The van der Waals surface area contributed by atoms with Gasteiger partial charge in [0.1, 0.15) is 16.6 Å². The van der Waals surface area contributed by atoms with E-state index in [1.807, 2.05) is 20.8 Å². The van der Waals surface area contributed by atoms with Crippen molar-refractivity contribution in [3.63, 3.8) is 0 Å². The van der Waals surface area contributed by atoms with Gasteiger partial charge in [-0.1, -0.05) is 0 Å². The molecule has 2 aliphatic heterocycles. The Morgan fingerprint density at radius 3 is 2.44 bits per heavy atom. The molecule has 8 heteroatoms. The van der Waals surface area contributed by atoms with E-state index in [1.165, 1.54) is 0 Å². The third kappa shape index (κ3) is 3.53. The molecule has 1 aromatic heterocycles. The van der Waals surface area contributed by atoms with Crippen molar-refractivity contribution in [1.29, 1.82) is 0 Å². The van der Waals surface area contributed by atoms with Gasteiger partial charge in [0.25, 0.3) is 0 Å². The van der Waals surface area contributed by atoms with Crippen molar-refractivity contribution in [3.05, 3.63) is 23.8 Å². The number of fused-ring (bicyclic) bond motifs is 3. The number of carbonyl (C=O) groups excluding carboxylic acids is 2. The summed E-state index contributed by atoms with van der Waals surface area (Å²) in [6, 6.07) is 4.89. The molecule has 27 heavy (non-hydrogen) atoms. The van der Waals surface area contributed by atoms with Crippen LogP contribution in [-0.4, -0.2) is 58.0 Å². The molecule has 2 bridgehead atoms. The van der Waals surface area contributed by atoms with Crippen LogP contribution in [0.5, 0.6) is 0 Å². The van der Waals surface area contributed by atoms with E-state index in [2.05, 4.69) is 10.3 Å². The smallest absolute Gasteiger partial charge is 0.410 e. The van der Waals surface area contributed by atoms with Gasteiger partial charge in [-0.15, -0.1) is 0 Å². The maximum absolute atomic E-state index is 13.0. The van der Waals surface area contributed by atoms with Crippen LogP contribution in [0.2, 0.25) is 0 Å². The van der Waals surface area contributed by atoms with Crippen molar-refractivity contribution in [2.24, 2.45) is 5.92 Å². The average molecular weight is 373 g/mol. The zero-order chi connectivity index (χ0) is 19.2. The summed E-state index contributed by atoms with van der Waals surface area (Å²) < 4.78 is 15.9. The molecule has 3 heterocycles. The maximum Gasteiger partial charge on any atom is 0.410 e. The second kappa shape index (κ2) is 6.60. The van der Waals surface area contributed by atoms with Crippen LogP contribution in [0.3, 0.4) is 0 Å². The lowest BCUT2D eigenvalue weighted by Gasteiger charge is -2.47. The van der Waals surface area contributed by atoms with E-state index in [1.54, 1.807) is 23.1 Å². The quantitative estimate of drug-likeness (QED) is 0.747. The van der Waals surface area contributed by atoms with Crippen LogP contribution in [0.25, 0.3) is 11.0 Å². The lowest BCUT2D eigenvalue weighted by Crippen LogP contribution is -2.60. The first-order chi connectivity index (χ1) is 12.8. The topological polar surface area (TPSA) is 94.8 Å². The van der Waals surface area contributed by atoms with Crippen LogP contribution < -0.4 is 0 Å². The van der Waals surface area contributed by atoms with Gasteiger partial charge in [-0.3, -0.25) is 9.69 Å². The molecule has 144 valence electrons. The number of piperidine rings is 1. The lowest BCUT2D eigenvalue weighted by molar-refractivity contribution is -0.0861. The van der Waals surface area contributed by atoms with Gasteiger partial charge < -0.3 is 9.47 Å². The highest BCUT2D eigenvalue weighted by molar-refractivity contribution is 6.00. The number of Topliss-reactive ketones (excluding diaryl/α,β-unsaturated/α-hetero) is 1. The molecule has 8 nitrogen and oxygen atoms in total. The Kier molecular flexibility index (Phi) is 4.38. The maximum atomic E-state index is 13.0. The Morgan fingerprint density at radius 2 is 1.78 bits per heavy atom. The zero-order valence-corrected chi connectivity index (χ0v) is 15.7. The summed E-state index contributed by atoms with van der Waals surface area (Å²) in [6.07, 6.45) is 0.787. The number of ketones is 1. The van der Waals surface area contributed by atoms with E-state index in [4.69, 9.17) is 14.1 Å². The van der Waals surface area contributed by atoms with Crippen molar-refractivity contribution < 1.29 is 23.7 Å². The number of benzene rings is 1. The number of hydrogen-bond donors (Lipinski definition) is 0. The highest BCUT2D eigenvalue weighted by Gasteiger charge is 2.45. The van der Waals surface area contributed by atoms with E-state index in [0.717, 1.165) is 0 Å². The molecule has 2 unspecified atom stereocenters. The summed E-state index contributed by atoms with van der Waals surface area (Å²) in [5, 5.41) is 7.57. The van der Waals surface area contributed by atoms with Crippen LogP contribution in [0.15, 0.2) is 22.8 Å². The van der Waals surface area contributed by atoms with Crippen LogP contribution in [-0.2, 0) is 9.47 Å². The molecule has 0 saturated carbocycles. The molecule has 1 aromatic carbocycles. The zero-order valence-electron chi connectivity index (χ0n) is 15.7. The first kappa shape index (κ1) is 17.9. The second-order valence-corrected chi connectivity index (χ2v) is 8.23.